The highest BCUT2D eigenvalue weighted by atomic mass is 16.4. The number of benzene rings is 1. The lowest BCUT2D eigenvalue weighted by molar-refractivity contribution is 0.0696. The van der Waals surface area contributed by atoms with Gasteiger partial charge >= 0.3 is 5.97 Å². The summed E-state index contributed by atoms with van der Waals surface area (Å²) in [6.07, 6.45) is 3.15. The zero-order valence-corrected chi connectivity index (χ0v) is 11.3. The lowest BCUT2D eigenvalue weighted by atomic mass is 9.94. The van der Waals surface area contributed by atoms with Crippen molar-refractivity contribution in [2.24, 2.45) is 5.92 Å². The maximum absolute atomic E-state index is 11.0. The quantitative estimate of drug-likeness (QED) is 0.875. The van der Waals surface area contributed by atoms with Gasteiger partial charge in [0.15, 0.2) is 0 Å². The van der Waals surface area contributed by atoms with Crippen molar-refractivity contribution in [3.63, 3.8) is 0 Å². The van der Waals surface area contributed by atoms with Gasteiger partial charge in [0.05, 0.1) is 5.56 Å². The van der Waals surface area contributed by atoms with Crippen LogP contribution >= 0.6 is 0 Å². The molecular formula is C15H21NO3. The lowest BCUT2D eigenvalue weighted by Gasteiger charge is -2.34. The molecule has 1 aliphatic heterocycles. The Bertz CT molecular complexity index is 457. The fourth-order valence-electron chi connectivity index (χ4n) is 2.80. The first-order valence-electron chi connectivity index (χ1n) is 6.81. The van der Waals surface area contributed by atoms with E-state index < -0.39 is 5.97 Å². The minimum atomic E-state index is -0.874. The molecule has 0 radical (unpaired) electrons. The summed E-state index contributed by atoms with van der Waals surface area (Å²) >= 11 is 0. The number of aliphatic hydroxyl groups is 1. The second-order valence-electron chi connectivity index (χ2n) is 5.27. The van der Waals surface area contributed by atoms with Crippen molar-refractivity contribution in [1.29, 1.82) is 0 Å². The zero-order valence-electron chi connectivity index (χ0n) is 11.3. The Balaban J connectivity index is 2.13. The molecule has 0 aliphatic carbocycles. The maximum atomic E-state index is 11.0. The number of piperidine rings is 1. The van der Waals surface area contributed by atoms with E-state index in [1.165, 1.54) is 6.42 Å². The molecular weight excluding hydrogens is 242 g/mol. The van der Waals surface area contributed by atoms with Gasteiger partial charge in [0, 0.05) is 25.4 Å². The van der Waals surface area contributed by atoms with Crippen LogP contribution in [-0.2, 0) is 0 Å². The Kier molecular flexibility index (Phi) is 4.43. The summed E-state index contributed by atoms with van der Waals surface area (Å²) in [7, 11) is 0. The number of hydrogen-bond donors (Lipinski definition) is 2. The number of carbonyl (C=O) groups is 1. The molecule has 1 atom stereocenters. The summed E-state index contributed by atoms with van der Waals surface area (Å²) in [5.41, 5.74) is 2.26. The van der Waals surface area contributed by atoms with Crippen molar-refractivity contribution in [1.82, 2.24) is 0 Å². The highest BCUT2D eigenvalue weighted by Crippen LogP contribution is 2.26. The summed E-state index contributed by atoms with van der Waals surface area (Å²) in [6, 6.07) is 5.52. The maximum Gasteiger partial charge on any atom is 0.335 e. The lowest BCUT2D eigenvalue weighted by Crippen LogP contribution is -2.35. The number of aromatic carboxylic acids is 1. The molecule has 1 heterocycles. The van der Waals surface area contributed by atoms with Gasteiger partial charge in [-0.3, -0.25) is 0 Å². The normalized spacial score (nSPS) is 19.5. The molecule has 0 bridgehead atoms. The third-order valence-electron chi connectivity index (χ3n) is 3.86. The van der Waals surface area contributed by atoms with E-state index in [-0.39, 0.29) is 6.61 Å². The smallest absolute Gasteiger partial charge is 0.335 e. The van der Waals surface area contributed by atoms with Crippen LogP contribution in [0.4, 0.5) is 5.69 Å². The van der Waals surface area contributed by atoms with Crippen molar-refractivity contribution >= 4 is 11.7 Å². The molecule has 19 heavy (non-hydrogen) atoms. The summed E-state index contributed by atoms with van der Waals surface area (Å²) in [4.78, 5) is 13.3. The Morgan fingerprint density at radius 1 is 1.47 bits per heavy atom. The Morgan fingerprint density at radius 2 is 2.26 bits per heavy atom. The van der Waals surface area contributed by atoms with Gasteiger partial charge in [0.2, 0.25) is 0 Å². The largest absolute Gasteiger partial charge is 0.478 e. The molecule has 2 N–H and O–H groups in total. The third kappa shape index (κ3) is 3.26. The first kappa shape index (κ1) is 13.9. The van der Waals surface area contributed by atoms with E-state index in [2.05, 4.69) is 4.90 Å². The van der Waals surface area contributed by atoms with Crippen LogP contribution in [0.5, 0.6) is 0 Å². The van der Waals surface area contributed by atoms with Gasteiger partial charge in [-0.05, 0) is 55.9 Å². The number of rotatable bonds is 4. The number of carboxylic acid groups (broad SMARTS) is 1. The minimum Gasteiger partial charge on any atom is -0.478 e. The van der Waals surface area contributed by atoms with E-state index in [0.717, 1.165) is 37.2 Å². The average Bonchev–Trinajstić information content (AvgIpc) is 2.39. The van der Waals surface area contributed by atoms with E-state index >= 15 is 0 Å². The van der Waals surface area contributed by atoms with Gasteiger partial charge < -0.3 is 15.1 Å². The molecule has 1 saturated heterocycles. The predicted molar refractivity (Wildman–Crippen MR) is 74.8 cm³/mol. The molecule has 1 aromatic rings. The van der Waals surface area contributed by atoms with Crippen LogP contribution in [0.25, 0.3) is 0 Å². The van der Waals surface area contributed by atoms with Crippen molar-refractivity contribution < 1.29 is 15.0 Å². The monoisotopic (exact) mass is 263 g/mol. The standard InChI is InChI=1S/C15H21NO3/c1-11-9-13(4-5-14(11)15(18)19)16-7-2-3-12(10-16)6-8-17/h4-5,9,12,17H,2-3,6-8,10H2,1H3,(H,18,19). The van der Waals surface area contributed by atoms with E-state index in [9.17, 15) is 4.79 Å². The molecule has 4 heteroatoms. The zero-order chi connectivity index (χ0) is 13.8. The van der Waals surface area contributed by atoms with Crippen LogP contribution in [0.2, 0.25) is 0 Å². The molecule has 0 aromatic heterocycles. The number of aryl methyl sites for hydroxylation is 1. The molecule has 104 valence electrons. The summed E-state index contributed by atoms with van der Waals surface area (Å²) < 4.78 is 0. The van der Waals surface area contributed by atoms with Gasteiger partial charge in [-0.2, -0.15) is 0 Å². The topological polar surface area (TPSA) is 60.8 Å². The van der Waals surface area contributed by atoms with E-state index in [1.807, 2.05) is 19.1 Å². The van der Waals surface area contributed by atoms with Crippen LogP contribution in [0, 0.1) is 12.8 Å². The Hall–Kier alpha value is -1.55. The second kappa shape index (κ2) is 6.06. The van der Waals surface area contributed by atoms with Crippen molar-refractivity contribution in [2.45, 2.75) is 26.2 Å². The van der Waals surface area contributed by atoms with E-state index in [4.69, 9.17) is 10.2 Å². The summed E-state index contributed by atoms with van der Waals surface area (Å²) in [6.45, 7) is 4.04. The first-order chi connectivity index (χ1) is 9.11. The number of carboxylic acids is 1. The Labute approximate surface area is 113 Å². The number of hydrogen-bond acceptors (Lipinski definition) is 3. The average molecular weight is 263 g/mol. The molecule has 4 nitrogen and oxygen atoms in total. The van der Waals surface area contributed by atoms with Crippen LogP contribution in [0.1, 0.15) is 35.2 Å². The first-order valence-corrected chi connectivity index (χ1v) is 6.81. The summed E-state index contributed by atoms with van der Waals surface area (Å²) in [5.74, 6) is -0.334. The molecule has 1 aliphatic rings. The van der Waals surface area contributed by atoms with Crippen molar-refractivity contribution in [2.75, 3.05) is 24.6 Å². The Morgan fingerprint density at radius 3 is 2.89 bits per heavy atom. The fourth-order valence-corrected chi connectivity index (χ4v) is 2.80. The van der Waals surface area contributed by atoms with Crippen molar-refractivity contribution in [3.05, 3.63) is 29.3 Å². The van der Waals surface area contributed by atoms with Crippen LogP contribution in [0.3, 0.4) is 0 Å². The second-order valence-corrected chi connectivity index (χ2v) is 5.27. The molecule has 0 amide bonds. The van der Waals surface area contributed by atoms with Crippen LogP contribution in [0.15, 0.2) is 18.2 Å². The molecule has 2 rings (SSSR count). The van der Waals surface area contributed by atoms with Gasteiger partial charge in [-0.15, -0.1) is 0 Å². The molecule has 0 spiro atoms. The minimum absolute atomic E-state index is 0.246. The van der Waals surface area contributed by atoms with E-state index in [1.54, 1.807) is 6.07 Å². The third-order valence-corrected chi connectivity index (χ3v) is 3.86. The van der Waals surface area contributed by atoms with E-state index in [0.29, 0.717) is 11.5 Å². The van der Waals surface area contributed by atoms with Gasteiger partial charge in [0.25, 0.3) is 0 Å². The van der Waals surface area contributed by atoms with Gasteiger partial charge in [0.1, 0.15) is 0 Å². The highest BCUT2D eigenvalue weighted by Gasteiger charge is 2.20. The SMILES string of the molecule is Cc1cc(N2CCCC(CCO)C2)ccc1C(=O)O. The fraction of sp³-hybridized carbons (Fsp3) is 0.533. The predicted octanol–water partition coefficient (Wildman–Crippen LogP) is 2.29. The highest BCUT2D eigenvalue weighted by molar-refractivity contribution is 5.89. The molecule has 1 unspecified atom stereocenters. The van der Waals surface area contributed by atoms with Gasteiger partial charge in [-0.25, -0.2) is 4.79 Å². The van der Waals surface area contributed by atoms with Gasteiger partial charge in [-0.1, -0.05) is 0 Å². The van der Waals surface area contributed by atoms with Crippen molar-refractivity contribution in [3.8, 4) is 0 Å². The number of anilines is 1. The van der Waals surface area contributed by atoms with Crippen LogP contribution in [-0.4, -0.2) is 35.9 Å². The molecule has 0 saturated carbocycles. The molecule has 1 aromatic carbocycles. The molecule has 1 fully saturated rings. The number of aliphatic hydroxyl groups excluding tert-OH is 1. The van der Waals surface area contributed by atoms with Crippen LogP contribution < -0.4 is 4.90 Å². The summed E-state index contributed by atoms with van der Waals surface area (Å²) in [5, 5.41) is 18.1. The number of nitrogens with zero attached hydrogens (tertiary/aromatic N) is 1.